The van der Waals surface area contributed by atoms with E-state index in [1.54, 1.807) is 6.07 Å². The molecule has 0 spiro atoms. The Morgan fingerprint density at radius 2 is 1.87 bits per heavy atom. The minimum Gasteiger partial charge on any atom is -0.486 e. The van der Waals surface area contributed by atoms with Gasteiger partial charge >= 0.3 is 0 Å². The van der Waals surface area contributed by atoms with Crippen LogP contribution < -0.4 is 14.8 Å². The first-order chi connectivity index (χ1) is 14.4. The van der Waals surface area contributed by atoms with Gasteiger partial charge < -0.3 is 19.5 Å². The molecule has 1 N–H and O–H groups in total. The number of para-hydroxylation sites is 2. The van der Waals surface area contributed by atoms with Crippen molar-refractivity contribution in [1.82, 2.24) is 4.31 Å². The highest BCUT2D eigenvalue weighted by Crippen LogP contribution is 2.32. The molecule has 0 amide bonds. The van der Waals surface area contributed by atoms with Crippen LogP contribution in [0, 0.1) is 10.1 Å². The van der Waals surface area contributed by atoms with Gasteiger partial charge in [0.1, 0.15) is 17.6 Å². The smallest absolute Gasteiger partial charge is 0.270 e. The molecule has 2 aliphatic rings. The highest BCUT2D eigenvalue weighted by molar-refractivity contribution is 7.89. The molecule has 1 atom stereocenters. The summed E-state index contributed by atoms with van der Waals surface area (Å²) in [4.78, 5) is 10.5. The average molecular weight is 435 g/mol. The van der Waals surface area contributed by atoms with Crippen molar-refractivity contribution in [3.8, 4) is 11.5 Å². The number of sulfonamides is 1. The molecule has 2 aromatic carbocycles. The summed E-state index contributed by atoms with van der Waals surface area (Å²) in [6.45, 7) is 1.51. The van der Waals surface area contributed by atoms with Crippen molar-refractivity contribution >= 4 is 21.4 Å². The predicted octanol–water partition coefficient (Wildman–Crippen LogP) is 1.87. The van der Waals surface area contributed by atoms with Crippen LogP contribution in [-0.4, -0.2) is 63.2 Å². The molecule has 11 heteroatoms. The van der Waals surface area contributed by atoms with Gasteiger partial charge in [-0.25, -0.2) is 8.42 Å². The normalized spacial score (nSPS) is 19.3. The highest BCUT2D eigenvalue weighted by atomic mass is 32.2. The average Bonchev–Trinajstić information content (AvgIpc) is 2.78. The standard InChI is InChI=1S/C19H21N3O7S/c23-22(24)14-5-6-16(19(11-14)30(25,26)21-7-9-27-10-8-21)20-12-15-13-28-17-3-1-2-4-18(17)29-15/h1-6,11,15,20H,7-10,12-13H2/t15-/m1/s1. The molecule has 160 valence electrons. The molecule has 0 bridgehead atoms. The number of nitrogens with one attached hydrogen (secondary N) is 1. The second kappa shape index (κ2) is 8.46. The van der Waals surface area contributed by atoms with Crippen molar-refractivity contribution in [3.05, 3.63) is 52.6 Å². The van der Waals surface area contributed by atoms with Gasteiger partial charge in [0.25, 0.3) is 5.69 Å². The minimum absolute atomic E-state index is 0.143. The number of nitro groups is 1. The van der Waals surface area contributed by atoms with Gasteiger partial charge in [-0.05, 0) is 18.2 Å². The van der Waals surface area contributed by atoms with Crippen LogP contribution in [0.1, 0.15) is 0 Å². The lowest BCUT2D eigenvalue weighted by atomic mass is 10.2. The van der Waals surface area contributed by atoms with Crippen LogP contribution in [0.3, 0.4) is 0 Å². The molecule has 1 saturated heterocycles. The maximum Gasteiger partial charge on any atom is 0.270 e. The molecule has 0 saturated carbocycles. The number of nitrogens with zero attached hydrogens (tertiary/aromatic N) is 2. The highest BCUT2D eigenvalue weighted by Gasteiger charge is 2.31. The Balaban J connectivity index is 1.56. The van der Waals surface area contributed by atoms with Crippen molar-refractivity contribution in [2.45, 2.75) is 11.0 Å². The summed E-state index contributed by atoms with van der Waals surface area (Å²) in [7, 11) is -3.94. The number of ether oxygens (including phenoxy) is 3. The minimum atomic E-state index is -3.94. The van der Waals surface area contributed by atoms with Crippen molar-refractivity contribution in [2.75, 3.05) is 44.8 Å². The zero-order chi connectivity index (χ0) is 21.1. The summed E-state index contributed by atoms with van der Waals surface area (Å²) in [5, 5.41) is 14.3. The number of fused-ring (bicyclic) bond motifs is 1. The van der Waals surface area contributed by atoms with E-state index in [0.717, 1.165) is 6.07 Å². The molecule has 0 aliphatic carbocycles. The van der Waals surface area contributed by atoms with Gasteiger partial charge in [-0.3, -0.25) is 10.1 Å². The Kier molecular flexibility index (Phi) is 5.75. The number of rotatable bonds is 6. The number of hydrogen-bond acceptors (Lipinski definition) is 8. The number of morpholine rings is 1. The van der Waals surface area contributed by atoms with Gasteiger partial charge in [-0.1, -0.05) is 12.1 Å². The zero-order valence-electron chi connectivity index (χ0n) is 16.0. The fraction of sp³-hybridized carbons (Fsp3) is 0.368. The summed E-state index contributed by atoms with van der Waals surface area (Å²) >= 11 is 0. The predicted molar refractivity (Wildman–Crippen MR) is 108 cm³/mol. The van der Waals surface area contributed by atoms with Gasteiger partial charge in [0, 0.05) is 25.2 Å². The Hall–Kier alpha value is -2.89. The monoisotopic (exact) mass is 435 g/mol. The van der Waals surface area contributed by atoms with Crippen LogP contribution in [-0.2, 0) is 14.8 Å². The quantitative estimate of drug-likeness (QED) is 0.539. The lowest BCUT2D eigenvalue weighted by Gasteiger charge is -2.28. The number of hydrogen-bond donors (Lipinski definition) is 1. The Bertz CT molecular complexity index is 1040. The molecule has 30 heavy (non-hydrogen) atoms. The fourth-order valence-electron chi connectivity index (χ4n) is 3.30. The number of anilines is 1. The zero-order valence-corrected chi connectivity index (χ0v) is 16.8. The van der Waals surface area contributed by atoms with Gasteiger partial charge in [-0.2, -0.15) is 4.31 Å². The maximum atomic E-state index is 13.1. The summed E-state index contributed by atoms with van der Waals surface area (Å²) in [5.74, 6) is 1.26. The number of benzene rings is 2. The van der Waals surface area contributed by atoms with Crippen molar-refractivity contribution in [3.63, 3.8) is 0 Å². The van der Waals surface area contributed by atoms with Crippen LogP contribution >= 0.6 is 0 Å². The van der Waals surface area contributed by atoms with E-state index in [9.17, 15) is 18.5 Å². The largest absolute Gasteiger partial charge is 0.486 e. The summed E-state index contributed by atoms with van der Waals surface area (Å²) in [5.41, 5.74) is -0.0203. The van der Waals surface area contributed by atoms with Crippen LogP contribution in [0.5, 0.6) is 11.5 Å². The molecule has 2 heterocycles. The number of nitro benzene ring substituents is 1. The summed E-state index contributed by atoms with van der Waals surface area (Å²) in [6.07, 6.45) is -0.353. The lowest BCUT2D eigenvalue weighted by Crippen LogP contribution is -2.41. The summed E-state index contributed by atoms with van der Waals surface area (Å²) < 4.78 is 44.4. The Morgan fingerprint density at radius 1 is 1.13 bits per heavy atom. The van der Waals surface area contributed by atoms with E-state index in [0.29, 0.717) is 18.1 Å². The topological polar surface area (TPSA) is 120 Å². The molecule has 0 radical (unpaired) electrons. The molecule has 4 rings (SSSR count). The van der Waals surface area contributed by atoms with Gasteiger partial charge in [0.2, 0.25) is 10.0 Å². The van der Waals surface area contributed by atoms with E-state index in [1.807, 2.05) is 18.2 Å². The molecule has 0 unspecified atom stereocenters. The van der Waals surface area contributed by atoms with E-state index < -0.39 is 14.9 Å². The molecule has 1 fully saturated rings. The number of non-ortho nitro benzene ring substituents is 1. The van der Waals surface area contributed by atoms with Crippen molar-refractivity contribution in [2.24, 2.45) is 0 Å². The van der Waals surface area contributed by atoms with Gasteiger partial charge in [0.05, 0.1) is 30.4 Å². The van der Waals surface area contributed by atoms with Gasteiger partial charge in [0.15, 0.2) is 11.5 Å². The Morgan fingerprint density at radius 3 is 2.60 bits per heavy atom. The van der Waals surface area contributed by atoms with E-state index in [1.165, 1.54) is 16.4 Å². The fourth-order valence-corrected chi connectivity index (χ4v) is 4.89. The van der Waals surface area contributed by atoms with Crippen LogP contribution in [0.15, 0.2) is 47.4 Å². The molecular weight excluding hydrogens is 414 g/mol. The SMILES string of the molecule is O=[N+]([O-])c1ccc(NC[C@@H]2COc3ccccc3O2)c(S(=O)(=O)N2CCOCC2)c1. The van der Waals surface area contributed by atoms with Crippen molar-refractivity contribution < 1.29 is 27.6 Å². The van der Waals surface area contributed by atoms with Gasteiger partial charge in [-0.15, -0.1) is 0 Å². The van der Waals surface area contributed by atoms with Crippen LogP contribution in [0.4, 0.5) is 11.4 Å². The lowest BCUT2D eigenvalue weighted by molar-refractivity contribution is -0.385. The molecule has 0 aromatic heterocycles. The second-order valence-corrected chi connectivity index (χ2v) is 8.74. The van der Waals surface area contributed by atoms with E-state index >= 15 is 0 Å². The molecule has 2 aromatic rings. The molecule has 10 nitrogen and oxygen atoms in total. The van der Waals surface area contributed by atoms with Crippen LogP contribution in [0.2, 0.25) is 0 Å². The third-order valence-electron chi connectivity index (χ3n) is 4.85. The third-order valence-corrected chi connectivity index (χ3v) is 6.79. The maximum absolute atomic E-state index is 13.1. The molecular formula is C19H21N3O7S. The Labute approximate surface area is 173 Å². The van der Waals surface area contributed by atoms with Crippen LogP contribution in [0.25, 0.3) is 0 Å². The molecule has 2 aliphatic heterocycles. The first-order valence-electron chi connectivity index (χ1n) is 9.44. The van der Waals surface area contributed by atoms with E-state index in [-0.39, 0.29) is 55.2 Å². The van der Waals surface area contributed by atoms with E-state index in [2.05, 4.69) is 5.32 Å². The third kappa shape index (κ3) is 4.18. The second-order valence-electron chi connectivity index (χ2n) is 6.83. The van der Waals surface area contributed by atoms with Crippen molar-refractivity contribution in [1.29, 1.82) is 0 Å². The summed E-state index contributed by atoms with van der Waals surface area (Å²) in [6, 6.07) is 11.0. The first-order valence-corrected chi connectivity index (χ1v) is 10.9. The first kappa shape index (κ1) is 20.4. The van der Waals surface area contributed by atoms with E-state index in [4.69, 9.17) is 14.2 Å².